The van der Waals surface area contributed by atoms with Gasteiger partial charge in [-0.05, 0) is 71.7 Å². The molecule has 0 spiro atoms. The Kier molecular flexibility index (Phi) is 6.87. The highest BCUT2D eigenvalue weighted by molar-refractivity contribution is 8.01. The lowest BCUT2D eigenvalue weighted by Gasteiger charge is -2.29. The molecule has 1 fully saturated rings. The normalized spacial score (nSPS) is 15.0. The number of carbonyl (C=O) groups is 3. The Morgan fingerprint density at radius 3 is 2.48 bits per heavy atom. The molecular formula is C23H16N2O5S3. The summed E-state index contributed by atoms with van der Waals surface area (Å²) in [5.74, 6) is -0.982. The van der Waals surface area contributed by atoms with Crippen LogP contribution >= 0.6 is 35.3 Å². The summed E-state index contributed by atoms with van der Waals surface area (Å²) in [5, 5.41) is 13.2. The summed E-state index contributed by atoms with van der Waals surface area (Å²) in [5.41, 5.74) is 0.982. The van der Waals surface area contributed by atoms with Crippen LogP contribution in [0, 0.1) is 0 Å². The smallest absolute Gasteiger partial charge is 0.313 e. The lowest BCUT2D eigenvalue weighted by molar-refractivity contribution is -0.134. The lowest BCUT2D eigenvalue weighted by Crippen LogP contribution is -2.54. The number of thioether (sulfide) groups is 1. The second kappa shape index (κ2) is 9.99. The Balaban J connectivity index is 1.57. The molecule has 2 N–H and O–H groups in total. The van der Waals surface area contributed by atoms with Crippen LogP contribution in [0.15, 0.2) is 75.8 Å². The van der Waals surface area contributed by atoms with E-state index in [1.165, 1.54) is 22.3 Å². The van der Waals surface area contributed by atoms with Gasteiger partial charge in [0.25, 0.3) is 11.8 Å². The molecule has 0 saturated carbocycles. The number of ether oxygens (including phenoxy) is 1. The summed E-state index contributed by atoms with van der Waals surface area (Å²) in [6, 6.07) is 17.8. The van der Waals surface area contributed by atoms with Gasteiger partial charge < -0.3 is 9.84 Å². The average molecular weight is 497 g/mol. The van der Waals surface area contributed by atoms with Crippen LogP contribution in [-0.4, -0.2) is 33.8 Å². The van der Waals surface area contributed by atoms with E-state index in [1.54, 1.807) is 35.7 Å². The average Bonchev–Trinajstić information content (AvgIpc) is 3.24. The van der Waals surface area contributed by atoms with Crippen molar-refractivity contribution in [1.82, 2.24) is 5.32 Å². The lowest BCUT2D eigenvalue weighted by atomic mass is 10.1. The van der Waals surface area contributed by atoms with Crippen molar-refractivity contribution in [3.8, 4) is 11.5 Å². The van der Waals surface area contributed by atoms with E-state index in [0.29, 0.717) is 27.0 Å². The number of benzene rings is 2. The Hall–Kier alpha value is -3.47. The van der Waals surface area contributed by atoms with E-state index in [4.69, 9.17) is 22.1 Å². The number of carbonyl (C=O) groups excluding carboxylic acids is 2. The monoisotopic (exact) mass is 496 g/mol. The topological polar surface area (TPSA) is 95.9 Å². The Morgan fingerprint density at radius 2 is 1.79 bits per heavy atom. The first-order valence-corrected chi connectivity index (χ1v) is 11.9. The minimum atomic E-state index is -0.949. The molecule has 3 aromatic rings. The molecule has 1 aliphatic rings. The highest BCUT2D eigenvalue weighted by atomic mass is 32.2. The van der Waals surface area contributed by atoms with Crippen LogP contribution < -0.4 is 15.0 Å². The van der Waals surface area contributed by atoms with Crippen LogP contribution in [0.5, 0.6) is 11.5 Å². The molecule has 1 aliphatic heterocycles. The summed E-state index contributed by atoms with van der Waals surface area (Å²) in [4.78, 5) is 37.9. The molecule has 2 heterocycles. The number of thiocarbonyl (C=S) groups is 1. The van der Waals surface area contributed by atoms with Crippen LogP contribution in [0.25, 0.3) is 6.08 Å². The van der Waals surface area contributed by atoms with Crippen molar-refractivity contribution in [1.29, 1.82) is 0 Å². The Bertz CT molecular complexity index is 1250. The zero-order chi connectivity index (χ0) is 23.4. The Morgan fingerprint density at radius 1 is 1.09 bits per heavy atom. The summed E-state index contributed by atoms with van der Waals surface area (Å²) in [6.07, 6.45) is 1.46. The van der Waals surface area contributed by atoms with E-state index in [-0.39, 0.29) is 16.4 Å². The van der Waals surface area contributed by atoms with E-state index < -0.39 is 17.8 Å². The standard InChI is InChI=1S/C23H16N2O5S3/c26-19(27)13-33-22-14(10-11-32-22)12-18-20(28)24-23(31)25(21(18)29)15-6-8-17(9-7-15)30-16-4-2-1-3-5-16/h1-12H,13H2,(H,26,27)(H,24,28,31). The molecule has 166 valence electrons. The van der Waals surface area contributed by atoms with E-state index in [2.05, 4.69) is 5.32 Å². The second-order valence-corrected chi connectivity index (χ2v) is 9.26. The molecule has 0 unspecified atom stereocenters. The zero-order valence-corrected chi connectivity index (χ0v) is 19.3. The van der Waals surface area contributed by atoms with Crippen LogP contribution in [0.4, 0.5) is 5.69 Å². The fourth-order valence-corrected chi connectivity index (χ4v) is 5.04. The largest absolute Gasteiger partial charge is 0.481 e. The summed E-state index contributed by atoms with van der Waals surface area (Å²) >= 11 is 7.72. The molecule has 0 atom stereocenters. The van der Waals surface area contributed by atoms with Crippen molar-refractivity contribution in [3.63, 3.8) is 0 Å². The highest BCUT2D eigenvalue weighted by Gasteiger charge is 2.34. The number of anilines is 1. The summed E-state index contributed by atoms with van der Waals surface area (Å²) in [7, 11) is 0. The number of carboxylic acid groups (broad SMARTS) is 1. The summed E-state index contributed by atoms with van der Waals surface area (Å²) < 4.78 is 6.48. The van der Waals surface area contributed by atoms with Crippen molar-refractivity contribution in [2.24, 2.45) is 0 Å². The fourth-order valence-electron chi connectivity index (χ4n) is 2.99. The SMILES string of the molecule is O=C(O)CSc1sccc1C=C1C(=O)NC(=S)N(c2ccc(Oc3ccccc3)cc2)C1=O. The first kappa shape index (κ1) is 22.7. The number of nitrogens with one attached hydrogen (secondary N) is 1. The number of nitrogens with zero attached hydrogens (tertiary/aromatic N) is 1. The molecule has 1 saturated heterocycles. The molecule has 10 heteroatoms. The van der Waals surface area contributed by atoms with Crippen molar-refractivity contribution in [3.05, 3.63) is 77.2 Å². The van der Waals surface area contributed by atoms with E-state index >= 15 is 0 Å². The van der Waals surface area contributed by atoms with Gasteiger partial charge in [0, 0.05) is 0 Å². The Labute approximate surface area is 202 Å². The molecule has 0 bridgehead atoms. The first-order chi connectivity index (χ1) is 15.9. The molecule has 2 amide bonds. The fraction of sp³-hybridized carbons (Fsp3) is 0.0435. The number of rotatable bonds is 7. The van der Waals surface area contributed by atoms with Crippen molar-refractivity contribution in [2.75, 3.05) is 10.7 Å². The molecule has 4 rings (SSSR count). The number of para-hydroxylation sites is 1. The van der Waals surface area contributed by atoms with Gasteiger partial charge >= 0.3 is 5.97 Å². The molecule has 1 aromatic heterocycles. The zero-order valence-electron chi connectivity index (χ0n) is 16.9. The molecule has 7 nitrogen and oxygen atoms in total. The number of hydrogen-bond acceptors (Lipinski definition) is 7. The maximum absolute atomic E-state index is 13.2. The van der Waals surface area contributed by atoms with Gasteiger partial charge in [-0.25, -0.2) is 0 Å². The second-order valence-electron chi connectivity index (χ2n) is 6.71. The molecular weight excluding hydrogens is 480 g/mol. The first-order valence-electron chi connectivity index (χ1n) is 9.59. The number of aliphatic carboxylic acids is 1. The van der Waals surface area contributed by atoms with Gasteiger partial charge in [-0.15, -0.1) is 23.1 Å². The minimum Gasteiger partial charge on any atom is -0.481 e. The van der Waals surface area contributed by atoms with Crippen molar-refractivity contribution >= 4 is 70.0 Å². The van der Waals surface area contributed by atoms with Crippen LogP contribution in [0.1, 0.15) is 5.56 Å². The van der Waals surface area contributed by atoms with E-state index in [9.17, 15) is 14.4 Å². The molecule has 33 heavy (non-hydrogen) atoms. The van der Waals surface area contributed by atoms with E-state index in [1.807, 2.05) is 30.3 Å². The van der Waals surface area contributed by atoms with Gasteiger partial charge in [0.05, 0.1) is 15.6 Å². The third kappa shape index (κ3) is 5.30. The maximum atomic E-state index is 13.2. The third-order valence-corrected chi connectivity index (χ3v) is 7.00. The highest BCUT2D eigenvalue weighted by Crippen LogP contribution is 2.32. The van der Waals surface area contributed by atoms with Crippen LogP contribution in [0.3, 0.4) is 0 Å². The van der Waals surface area contributed by atoms with Crippen LogP contribution in [-0.2, 0) is 14.4 Å². The van der Waals surface area contributed by atoms with Crippen LogP contribution in [0.2, 0.25) is 0 Å². The molecule has 2 aromatic carbocycles. The van der Waals surface area contributed by atoms with Crippen molar-refractivity contribution < 1.29 is 24.2 Å². The molecule has 0 aliphatic carbocycles. The number of thiophene rings is 1. The predicted octanol–water partition coefficient (Wildman–Crippen LogP) is 4.55. The van der Waals surface area contributed by atoms with E-state index in [0.717, 1.165) is 11.8 Å². The maximum Gasteiger partial charge on any atom is 0.313 e. The number of hydrogen-bond donors (Lipinski definition) is 2. The van der Waals surface area contributed by atoms with Gasteiger partial charge in [0.2, 0.25) is 0 Å². The summed E-state index contributed by atoms with van der Waals surface area (Å²) in [6.45, 7) is 0. The number of carboxylic acids is 1. The number of amides is 2. The van der Waals surface area contributed by atoms with Gasteiger partial charge in [-0.3, -0.25) is 24.6 Å². The van der Waals surface area contributed by atoms with Gasteiger partial charge in [-0.2, -0.15) is 0 Å². The van der Waals surface area contributed by atoms with Gasteiger partial charge in [0.15, 0.2) is 5.11 Å². The molecule has 0 radical (unpaired) electrons. The quantitative estimate of drug-likeness (QED) is 0.214. The van der Waals surface area contributed by atoms with Gasteiger partial charge in [0.1, 0.15) is 17.1 Å². The van der Waals surface area contributed by atoms with Gasteiger partial charge in [-0.1, -0.05) is 18.2 Å². The predicted molar refractivity (Wildman–Crippen MR) is 132 cm³/mol. The minimum absolute atomic E-state index is 0.0235. The van der Waals surface area contributed by atoms with Crippen molar-refractivity contribution in [2.45, 2.75) is 4.21 Å². The third-order valence-electron chi connectivity index (χ3n) is 4.46.